The average Bonchev–Trinajstić information content (AvgIpc) is 3.49. The van der Waals surface area contributed by atoms with Gasteiger partial charge >= 0.3 is 0 Å². The van der Waals surface area contributed by atoms with E-state index in [4.69, 9.17) is 24.0 Å². The van der Waals surface area contributed by atoms with Crippen LogP contribution < -0.4 is 19.1 Å². The molecule has 4 aromatic rings. The summed E-state index contributed by atoms with van der Waals surface area (Å²) in [6, 6.07) is 19.3. The van der Waals surface area contributed by atoms with Crippen molar-refractivity contribution in [3.8, 4) is 28.6 Å². The minimum absolute atomic E-state index is 0.0243. The molecule has 0 saturated carbocycles. The molecular formula is C35H41N5O5S. The predicted octanol–water partition coefficient (Wildman–Crippen LogP) is 6.35. The highest BCUT2D eigenvalue weighted by Gasteiger charge is 2.27. The highest BCUT2D eigenvalue weighted by Crippen LogP contribution is 2.41. The third-order valence-electron chi connectivity index (χ3n) is 7.54. The van der Waals surface area contributed by atoms with Gasteiger partial charge in [-0.1, -0.05) is 62.9 Å². The first-order valence-corrected chi connectivity index (χ1v) is 16.3. The number of Topliss-reactive ketones (excluding diaryl/α,β-unsaturated/α-hetero) is 1. The fourth-order valence-corrected chi connectivity index (χ4v) is 5.97. The van der Waals surface area contributed by atoms with Crippen molar-refractivity contribution in [2.24, 2.45) is 5.10 Å². The number of ether oxygens (including phenoxy) is 4. The summed E-state index contributed by atoms with van der Waals surface area (Å²) in [6.45, 7) is 11.6. The highest BCUT2D eigenvalue weighted by atomic mass is 32.2. The van der Waals surface area contributed by atoms with Crippen molar-refractivity contribution >= 4 is 29.4 Å². The minimum atomic E-state index is -0.237. The van der Waals surface area contributed by atoms with Gasteiger partial charge in [-0.3, -0.25) is 4.79 Å². The summed E-state index contributed by atoms with van der Waals surface area (Å²) in [5, 5.41) is 14.2. The zero-order valence-corrected chi connectivity index (χ0v) is 28.1. The summed E-state index contributed by atoms with van der Waals surface area (Å²) in [5.41, 5.74) is 3.95. The number of carbonyl (C=O) groups is 1. The van der Waals surface area contributed by atoms with Crippen LogP contribution in [0.1, 0.15) is 49.2 Å². The van der Waals surface area contributed by atoms with E-state index in [1.165, 1.54) is 11.8 Å². The van der Waals surface area contributed by atoms with Gasteiger partial charge in [0.1, 0.15) is 5.75 Å². The van der Waals surface area contributed by atoms with Crippen LogP contribution in [-0.2, 0) is 10.2 Å². The molecule has 0 bridgehead atoms. The molecule has 1 fully saturated rings. The Bertz CT molecular complexity index is 1680. The van der Waals surface area contributed by atoms with Gasteiger partial charge in [0.15, 0.2) is 23.1 Å². The lowest BCUT2D eigenvalue weighted by Gasteiger charge is -2.33. The van der Waals surface area contributed by atoms with E-state index in [2.05, 4.69) is 35.9 Å². The normalized spacial score (nSPS) is 13.7. The van der Waals surface area contributed by atoms with Gasteiger partial charge in [-0.05, 0) is 48.2 Å². The van der Waals surface area contributed by atoms with E-state index >= 15 is 0 Å². The fourth-order valence-electron chi connectivity index (χ4n) is 5.19. The number of carbonyl (C=O) groups excluding carboxylic acids is 1. The average molecular weight is 644 g/mol. The van der Waals surface area contributed by atoms with Gasteiger partial charge in [-0.25, -0.2) is 0 Å². The van der Waals surface area contributed by atoms with Crippen molar-refractivity contribution in [1.82, 2.24) is 14.9 Å². The van der Waals surface area contributed by atoms with Crippen LogP contribution in [0.25, 0.3) is 11.4 Å². The third-order valence-corrected chi connectivity index (χ3v) is 8.46. The van der Waals surface area contributed by atoms with Gasteiger partial charge < -0.3 is 23.8 Å². The number of methoxy groups -OCH3 is 2. The van der Waals surface area contributed by atoms with E-state index in [-0.39, 0.29) is 17.0 Å². The Hall–Kier alpha value is -4.35. The number of anilines is 1. The molecule has 242 valence electrons. The lowest BCUT2D eigenvalue weighted by molar-refractivity contribution is 0.102. The molecule has 1 aromatic heterocycles. The second kappa shape index (κ2) is 14.8. The van der Waals surface area contributed by atoms with Crippen molar-refractivity contribution in [2.45, 2.75) is 38.3 Å². The van der Waals surface area contributed by atoms with Crippen molar-refractivity contribution in [3.05, 3.63) is 77.4 Å². The minimum Gasteiger partial charge on any atom is -0.494 e. The number of hydrogen-bond donors (Lipinski definition) is 0. The molecule has 10 nitrogen and oxygen atoms in total. The lowest BCUT2D eigenvalue weighted by Crippen LogP contribution is -2.37. The first-order valence-electron chi connectivity index (χ1n) is 15.3. The zero-order chi connectivity index (χ0) is 32.7. The highest BCUT2D eigenvalue weighted by molar-refractivity contribution is 7.99. The van der Waals surface area contributed by atoms with Crippen molar-refractivity contribution < 1.29 is 23.7 Å². The SMILES string of the molecule is CCOc1ccc(/C=N/n2c(SCC(=O)c3cc(N4CCOCC4)c(OC)c(C(C)(C)C)c3)nnc2-c2ccccc2)cc1OC. The molecule has 1 aliphatic rings. The van der Waals surface area contributed by atoms with E-state index in [1.807, 2.05) is 67.6 Å². The molecule has 46 heavy (non-hydrogen) atoms. The van der Waals surface area contributed by atoms with Crippen LogP contribution in [0, 0.1) is 0 Å². The molecule has 0 radical (unpaired) electrons. The smallest absolute Gasteiger partial charge is 0.212 e. The Morgan fingerprint density at radius 3 is 2.43 bits per heavy atom. The molecule has 0 N–H and O–H groups in total. The van der Waals surface area contributed by atoms with Crippen LogP contribution in [0.4, 0.5) is 5.69 Å². The molecule has 5 rings (SSSR count). The van der Waals surface area contributed by atoms with Crippen LogP contribution in [-0.4, -0.2) is 79.8 Å². The molecule has 0 amide bonds. The summed E-state index contributed by atoms with van der Waals surface area (Å²) >= 11 is 1.30. The predicted molar refractivity (Wildman–Crippen MR) is 182 cm³/mol. The van der Waals surface area contributed by atoms with E-state index < -0.39 is 0 Å². The molecular weight excluding hydrogens is 602 g/mol. The van der Waals surface area contributed by atoms with Crippen LogP contribution in [0.5, 0.6) is 17.2 Å². The van der Waals surface area contributed by atoms with Gasteiger partial charge in [-0.2, -0.15) is 9.78 Å². The maximum absolute atomic E-state index is 13.8. The number of ketones is 1. The molecule has 11 heteroatoms. The third kappa shape index (κ3) is 7.54. The maximum atomic E-state index is 13.8. The zero-order valence-electron chi connectivity index (χ0n) is 27.3. The lowest BCUT2D eigenvalue weighted by atomic mass is 9.84. The van der Waals surface area contributed by atoms with Crippen molar-refractivity contribution in [3.63, 3.8) is 0 Å². The number of nitrogens with zero attached hydrogens (tertiary/aromatic N) is 5. The Morgan fingerprint density at radius 1 is 1.00 bits per heavy atom. The van der Waals surface area contributed by atoms with Crippen LogP contribution in [0.3, 0.4) is 0 Å². The first-order chi connectivity index (χ1) is 22.2. The van der Waals surface area contributed by atoms with E-state index in [1.54, 1.807) is 25.1 Å². The molecule has 1 aliphatic heterocycles. The van der Waals surface area contributed by atoms with Gasteiger partial charge in [0.05, 0.1) is 51.7 Å². The summed E-state index contributed by atoms with van der Waals surface area (Å²) < 4.78 is 24.4. The van der Waals surface area contributed by atoms with Crippen molar-refractivity contribution in [2.75, 3.05) is 57.8 Å². The summed E-state index contributed by atoms with van der Waals surface area (Å²) in [5.74, 6) is 2.77. The first kappa shape index (κ1) is 33.0. The van der Waals surface area contributed by atoms with E-state index in [0.717, 1.165) is 41.2 Å². The number of benzene rings is 3. The monoisotopic (exact) mass is 643 g/mol. The number of morpholine rings is 1. The molecule has 0 unspecified atom stereocenters. The number of rotatable bonds is 12. The molecule has 2 heterocycles. The summed E-state index contributed by atoms with van der Waals surface area (Å²) in [6.07, 6.45) is 1.72. The number of aromatic nitrogens is 3. The van der Waals surface area contributed by atoms with Gasteiger partial charge in [0, 0.05) is 29.8 Å². The fraction of sp³-hybridized carbons (Fsp3) is 0.371. The Kier molecular flexibility index (Phi) is 10.6. The molecule has 3 aromatic carbocycles. The second-order valence-corrected chi connectivity index (χ2v) is 12.7. The van der Waals surface area contributed by atoms with Crippen LogP contribution in [0.2, 0.25) is 0 Å². The molecule has 0 spiro atoms. The maximum Gasteiger partial charge on any atom is 0.212 e. The summed E-state index contributed by atoms with van der Waals surface area (Å²) in [4.78, 5) is 16.1. The van der Waals surface area contributed by atoms with Crippen LogP contribution in [0.15, 0.2) is 70.9 Å². The van der Waals surface area contributed by atoms with Gasteiger partial charge in [0.25, 0.3) is 0 Å². The van der Waals surface area contributed by atoms with Crippen molar-refractivity contribution in [1.29, 1.82) is 0 Å². The van der Waals surface area contributed by atoms with Crippen LogP contribution >= 0.6 is 11.8 Å². The molecule has 1 saturated heterocycles. The second-order valence-electron chi connectivity index (χ2n) is 11.7. The van der Waals surface area contributed by atoms with E-state index in [0.29, 0.717) is 47.9 Å². The van der Waals surface area contributed by atoms with E-state index in [9.17, 15) is 4.79 Å². The quantitative estimate of drug-likeness (QED) is 0.0993. The van der Waals surface area contributed by atoms with Gasteiger partial charge in [0.2, 0.25) is 5.16 Å². The Labute approximate surface area is 274 Å². The Balaban J connectivity index is 1.46. The number of hydrogen-bond acceptors (Lipinski definition) is 10. The molecule has 0 aliphatic carbocycles. The molecule has 0 atom stereocenters. The standard InChI is InChI=1S/C35H41N5O5S/c1-7-45-30-14-13-24(19-31(30)42-5)22-36-40-33(25-11-9-8-10-12-25)37-38-34(40)46-23-29(41)26-20-27(35(2,3)4)32(43-6)28(21-26)39-15-17-44-18-16-39/h8-14,19-22H,7,15-18,23H2,1-6H3/b36-22+. The largest absolute Gasteiger partial charge is 0.494 e. The topological polar surface area (TPSA) is 100 Å². The Morgan fingerprint density at radius 2 is 1.76 bits per heavy atom. The number of thioether (sulfide) groups is 1. The van der Waals surface area contributed by atoms with Gasteiger partial charge in [-0.15, -0.1) is 10.2 Å². The summed E-state index contributed by atoms with van der Waals surface area (Å²) in [7, 11) is 3.29.